The Labute approximate surface area is 116 Å². The fourth-order valence-corrected chi connectivity index (χ4v) is 2.17. The van der Waals surface area contributed by atoms with Gasteiger partial charge in [0.05, 0.1) is 4.91 Å². The van der Waals surface area contributed by atoms with E-state index in [9.17, 15) is 4.79 Å². The number of benzene rings is 1. The predicted molar refractivity (Wildman–Crippen MR) is 80.9 cm³/mol. The summed E-state index contributed by atoms with van der Waals surface area (Å²) in [6.45, 7) is 4.04. The van der Waals surface area contributed by atoms with E-state index in [1.807, 2.05) is 50.3 Å². The minimum absolute atomic E-state index is 0.132. The molecule has 1 amide bonds. The number of hydrogen-bond donors (Lipinski definition) is 1. The number of nitrogens with one attached hydrogen (secondary N) is 1. The molecule has 1 N–H and O–H groups in total. The smallest absolute Gasteiger partial charge is 0.264 e. The van der Waals surface area contributed by atoms with Crippen molar-refractivity contribution in [3.8, 4) is 0 Å². The molecule has 1 aromatic rings. The summed E-state index contributed by atoms with van der Waals surface area (Å²) in [5, 5.41) is 11.1. The SMILES string of the molecule is CC(C)/C=N/N=C1/NC(=O)/C(=C/c2ccccc2)S1. The first-order valence-corrected chi connectivity index (χ1v) is 6.84. The van der Waals surface area contributed by atoms with E-state index in [2.05, 4.69) is 15.5 Å². The van der Waals surface area contributed by atoms with Gasteiger partial charge in [-0.15, -0.1) is 5.10 Å². The normalized spacial score (nSPS) is 19.8. The number of hydrogen-bond acceptors (Lipinski definition) is 4. The number of carbonyl (C=O) groups excluding carboxylic acids is 1. The maximum Gasteiger partial charge on any atom is 0.264 e. The Bertz CT molecular complexity index is 547. The zero-order valence-corrected chi connectivity index (χ0v) is 11.6. The quantitative estimate of drug-likeness (QED) is 0.523. The number of rotatable bonds is 3. The first-order chi connectivity index (χ1) is 9.15. The molecule has 0 bridgehead atoms. The van der Waals surface area contributed by atoms with Crippen LogP contribution in [0.4, 0.5) is 0 Å². The van der Waals surface area contributed by atoms with Crippen LogP contribution in [0.15, 0.2) is 45.4 Å². The summed E-state index contributed by atoms with van der Waals surface area (Å²) in [6.07, 6.45) is 3.58. The first-order valence-electron chi connectivity index (χ1n) is 6.02. The molecule has 1 aliphatic rings. The van der Waals surface area contributed by atoms with Gasteiger partial charge in [0.15, 0.2) is 5.17 Å². The number of nitrogens with zero attached hydrogens (tertiary/aromatic N) is 2. The van der Waals surface area contributed by atoms with Crippen molar-refractivity contribution in [3.05, 3.63) is 40.8 Å². The maximum absolute atomic E-state index is 11.8. The van der Waals surface area contributed by atoms with Gasteiger partial charge in [0.25, 0.3) is 5.91 Å². The highest BCUT2D eigenvalue weighted by Crippen LogP contribution is 2.25. The lowest BCUT2D eigenvalue weighted by atomic mass is 10.2. The minimum atomic E-state index is -0.132. The summed E-state index contributed by atoms with van der Waals surface area (Å²) in [7, 11) is 0. The van der Waals surface area contributed by atoms with Gasteiger partial charge in [0.2, 0.25) is 0 Å². The van der Waals surface area contributed by atoms with Crippen LogP contribution in [0.3, 0.4) is 0 Å². The van der Waals surface area contributed by atoms with E-state index in [-0.39, 0.29) is 5.91 Å². The summed E-state index contributed by atoms with van der Waals surface area (Å²) in [6, 6.07) is 9.72. The van der Waals surface area contributed by atoms with Crippen molar-refractivity contribution in [3.63, 3.8) is 0 Å². The molecule has 1 fully saturated rings. The van der Waals surface area contributed by atoms with Crippen molar-refractivity contribution in [2.75, 3.05) is 0 Å². The van der Waals surface area contributed by atoms with Gasteiger partial charge >= 0.3 is 0 Å². The van der Waals surface area contributed by atoms with Crippen LogP contribution < -0.4 is 5.32 Å². The van der Waals surface area contributed by atoms with Gasteiger partial charge in [0, 0.05) is 6.21 Å². The summed E-state index contributed by atoms with van der Waals surface area (Å²) < 4.78 is 0. The van der Waals surface area contributed by atoms with E-state index in [1.54, 1.807) is 6.21 Å². The zero-order chi connectivity index (χ0) is 13.7. The van der Waals surface area contributed by atoms with Gasteiger partial charge in [0.1, 0.15) is 0 Å². The summed E-state index contributed by atoms with van der Waals surface area (Å²) in [5.41, 5.74) is 0.993. The lowest BCUT2D eigenvalue weighted by Crippen LogP contribution is -2.19. The Balaban J connectivity index is 2.10. The third-order valence-electron chi connectivity index (χ3n) is 2.26. The second kappa shape index (κ2) is 6.33. The predicted octanol–water partition coefficient (Wildman–Crippen LogP) is 2.89. The third-order valence-corrected chi connectivity index (χ3v) is 3.16. The van der Waals surface area contributed by atoms with E-state index < -0.39 is 0 Å². The number of amidine groups is 1. The molecule has 0 radical (unpaired) electrons. The Hall–Kier alpha value is -1.88. The van der Waals surface area contributed by atoms with Crippen LogP contribution >= 0.6 is 11.8 Å². The molecule has 19 heavy (non-hydrogen) atoms. The fourth-order valence-electron chi connectivity index (χ4n) is 1.39. The Morgan fingerprint density at radius 3 is 2.68 bits per heavy atom. The van der Waals surface area contributed by atoms with Crippen LogP contribution in [0.2, 0.25) is 0 Å². The minimum Gasteiger partial charge on any atom is -0.299 e. The highest BCUT2D eigenvalue weighted by atomic mass is 32.2. The average molecular weight is 273 g/mol. The van der Waals surface area contributed by atoms with Crippen molar-refractivity contribution >= 4 is 35.1 Å². The van der Waals surface area contributed by atoms with Crippen LogP contribution in [0.1, 0.15) is 19.4 Å². The van der Waals surface area contributed by atoms with Crippen LogP contribution in [-0.4, -0.2) is 17.3 Å². The van der Waals surface area contributed by atoms with Gasteiger partial charge in [-0.1, -0.05) is 44.2 Å². The largest absolute Gasteiger partial charge is 0.299 e. The monoisotopic (exact) mass is 273 g/mol. The Morgan fingerprint density at radius 2 is 2.00 bits per heavy atom. The highest BCUT2D eigenvalue weighted by molar-refractivity contribution is 8.18. The van der Waals surface area contributed by atoms with E-state index >= 15 is 0 Å². The van der Waals surface area contributed by atoms with Crippen molar-refractivity contribution in [1.82, 2.24) is 5.32 Å². The molecule has 0 aliphatic carbocycles. The van der Waals surface area contributed by atoms with E-state index in [0.717, 1.165) is 5.56 Å². The fraction of sp³-hybridized carbons (Fsp3) is 0.214. The number of amides is 1. The first kappa shape index (κ1) is 13.5. The van der Waals surface area contributed by atoms with E-state index in [1.165, 1.54) is 11.8 Å². The molecule has 0 unspecified atom stereocenters. The molecule has 0 spiro atoms. The molecule has 1 heterocycles. The van der Waals surface area contributed by atoms with E-state index in [0.29, 0.717) is 16.0 Å². The van der Waals surface area contributed by atoms with Gasteiger partial charge in [-0.3, -0.25) is 10.1 Å². The maximum atomic E-state index is 11.8. The van der Waals surface area contributed by atoms with Crippen LogP contribution in [-0.2, 0) is 4.79 Å². The van der Waals surface area contributed by atoms with Gasteiger partial charge in [-0.2, -0.15) is 5.10 Å². The van der Waals surface area contributed by atoms with Crippen LogP contribution in [0.25, 0.3) is 6.08 Å². The summed E-state index contributed by atoms with van der Waals surface area (Å²) in [5.74, 6) is 0.207. The van der Waals surface area contributed by atoms with Gasteiger partial charge < -0.3 is 0 Å². The third kappa shape index (κ3) is 4.06. The average Bonchev–Trinajstić information content (AvgIpc) is 2.71. The van der Waals surface area contributed by atoms with Gasteiger partial charge in [-0.05, 0) is 29.3 Å². The van der Waals surface area contributed by atoms with E-state index in [4.69, 9.17) is 0 Å². The molecule has 1 aromatic carbocycles. The molecule has 1 aliphatic heterocycles. The van der Waals surface area contributed by atoms with Crippen molar-refractivity contribution in [2.24, 2.45) is 16.1 Å². The highest BCUT2D eigenvalue weighted by Gasteiger charge is 2.23. The standard InChI is InChI=1S/C14H15N3OS/c1-10(2)9-15-17-14-16-13(18)12(19-14)8-11-6-4-3-5-7-11/h3-10H,1-2H3,(H,16,17,18)/b12-8-,15-9+. The second-order valence-electron chi connectivity index (χ2n) is 4.39. The molecular formula is C14H15N3OS. The number of carbonyl (C=O) groups is 1. The summed E-state index contributed by atoms with van der Waals surface area (Å²) >= 11 is 1.30. The molecule has 0 atom stereocenters. The molecule has 0 aromatic heterocycles. The molecule has 1 saturated heterocycles. The second-order valence-corrected chi connectivity index (χ2v) is 5.42. The summed E-state index contributed by atoms with van der Waals surface area (Å²) in [4.78, 5) is 12.4. The molecule has 0 saturated carbocycles. The van der Waals surface area contributed by atoms with Crippen molar-refractivity contribution < 1.29 is 4.79 Å². The topological polar surface area (TPSA) is 53.8 Å². The molecule has 4 nitrogen and oxygen atoms in total. The van der Waals surface area contributed by atoms with Crippen molar-refractivity contribution in [1.29, 1.82) is 0 Å². The molecular weight excluding hydrogens is 258 g/mol. The lowest BCUT2D eigenvalue weighted by molar-refractivity contribution is -0.115. The van der Waals surface area contributed by atoms with Crippen molar-refractivity contribution in [2.45, 2.75) is 13.8 Å². The van der Waals surface area contributed by atoms with Gasteiger partial charge in [-0.25, -0.2) is 0 Å². The lowest BCUT2D eigenvalue weighted by Gasteiger charge is -1.93. The Morgan fingerprint density at radius 1 is 1.26 bits per heavy atom. The molecule has 5 heteroatoms. The number of thioether (sulfide) groups is 1. The Kier molecular flexibility index (Phi) is 4.52. The zero-order valence-electron chi connectivity index (χ0n) is 10.8. The van der Waals surface area contributed by atoms with Crippen LogP contribution in [0, 0.1) is 5.92 Å². The molecule has 98 valence electrons. The van der Waals surface area contributed by atoms with Crippen LogP contribution in [0.5, 0.6) is 0 Å². The molecule has 2 rings (SSSR count).